The van der Waals surface area contributed by atoms with Crippen molar-refractivity contribution in [3.63, 3.8) is 0 Å². The van der Waals surface area contributed by atoms with Crippen molar-refractivity contribution in [2.75, 3.05) is 20.3 Å². The Kier molecular flexibility index (Phi) is 4.04. The highest BCUT2D eigenvalue weighted by Gasteiger charge is 2.40. The molecule has 0 aromatic carbocycles. The number of rotatable bonds is 3. The summed E-state index contributed by atoms with van der Waals surface area (Å²) >= 11 is 0. The summed E-state index contributed by atoms with van der Waals surface area (Å²) in [6.45, 7) is 3.31. The molecule has 0 aliphatic carbocycles. The SMILES string of the molecule is C=CCOC(=O)N1CC(=O)C[C@H]1C(=O)OC. The van der Waals surface area contributed by atoms with E-state index in [1.807, 2.05) is 0 Å². The van der Waals surface area contributed by atoms with Gasteiger partial charge in [0.05, 0.1) is 13.7 Å². The minimum Gasteiger partial charge on any atom is -0.467 e. The summed E-state index contributed by atoms with van der Waals surface area (Å²) in [5.74, 6) is -0.799. The molecule has 6 heteroatoms. The summed E-state index contributed by atoms with van der Waals surface area (Å²) in [6, 6.07) is -0.866. The van der Waals surface area contributed by atoms with Crippen LogP contribution in [-0.2, 0) is 19.1 Å². The number of esters is 1. The Bertz CT molecular complexity index is 325. The van der Waals surface area contributed by atoms with Gasteiger partial charge in [-0.15, -0.1) is 0 Å². The van der Waals surface area contributed by atoms with Gasteiger partial charge < -0.3 is 9.47 Å². The zero-order valence-corrected chi connectivity index (χ0v) is 8.97. The molecule has 88 valence electrons. The van der Waals surface area contributed by atoms with Crippen LogP contribution in [0.5, 0.6) is 0 Å². The lowest BCUT2D eigenvalue weighted by molar-refractivity contribution is -0.145. The Balaban J connectivity index is 2.68. The van der Waals surface area contributed by atoms with Crippen LogP contribution in [0, 0.1) is 0 Å². The molecular weight excluding hydrogens is 214 g/mol. The maximum absolute atomic E-state index is 11.5. The highest BCUT2D eigenvalue weighted by molar-refractivity contribution is 5.95. The van der Waals surface area contributed by atoms with Crippen molar-refractivity contribution in [3.8, 4) is 0 Å². The molecule has 0 aromatic rings. The van der Waals surface area contributed by atoms with Crippen LogP contribution >= 0.6 is 0 Å². The zero-order chi connectivity index (χ0) is 12.1. The van der Waals surface area contributed by atoms with Crippen molar-refractivity contribution in [1.29, 1.82) is 0 Å². The number of hydrogen-bond acceptors (Lipinski definition) is 5. The van der Waals surface area contributed by atoms with Crippen LogP contribution in [0.25, 0.3) is 0 Å². The van der Waals surface area contributed by atoms with Crippen LogP contribution in [0.2, 0.25) is 0 Å². The van der Waals surface area contributed by atoms with Crippen molar-refractivity contribution in [3.05, 3.63) is 12.7 Å². The molecule has 0 spiro atoms. The first-order chi connectivity index (χ1) is 7.60. The molecule has 1 amide bonds. The molecule has 1 fully saturated rings. The number of hydrogen-bond donors (Lipinski definition) is 0. The van der Waals surface area contributed by atoms with Gasteiger partial charge in [-0.3, -0.25) is 9.69 Å². The fourth-order valence-corrected chi connectivity index (χ4v) is 1.44. The van der Waals surface area contributed by atoms with Gasteiger partial charge in [0.2, 0.25) is 0 Å². The second-order valence-corrected chi connectivity index (χ2v) is 3.28. The molecule has 1 aliphatic rings. The maximum Gasteiger partial charge on any atom is 0.411 e. The molecular formula is C10H13NO5. The van der Waals surface area contributed by atoms with Gasteiger partial charge in [0, 0.05) is 6.42 Å². The fourth-order valence-electron chi connectivity index (χ4n) is 1.44. The average Bonchev–Trinajstić information content (AvgIpc) is 2.67. The monoisotopic (exact) mass is 227 g/mol. The lowest BCUT2D eigenvalue weighted by Crippen LogP contribution is -2.41. The second-order valence-electron chi connectivity index (χ2n) is 3.28. The second kappa shape index (κ2) is 5.29. The van der Waals surface area contributed by atoms with E-state index in [2.05, 4.69) is 11.3 Å². The van der Waals surface area contributed by atoms with E-state index in [1.165, 1.54) is 13.2 Å². The molecule has 0 saturated carbocycles. The van der Waals surface area contributed by atoms with E-state index in [9.17, 15) is 14.4 Å². The van der Waals surface area contributed by atoms with Crippen LogP contribution in [-0.4, -0.2) is 49.0 Å². The zero-order valence-electron chi connectivity index (χ0n) is 8.97. The van der Waals surface area contributed by atoms with Crippen molar-refractivity contribution in [2.24, 2.45) is 0 Å². The van der Waals surface area contributed by atoms with E-state index >= 15 is 0 Å². The molecule has 1 rings (SSSR count). The van der Waals surface area contributed by atoms with Gasteiger partial charge in [0.15, 0.2) is 5.78 Å². The van der Waals surface area contributed by atoms with Crippen LogP contribution in [0.1, 0.15) is 6.42 Å². The number of Topliss-reactive ketones (excluding diaryl/α,β-unsaturated/α-hetero) is 1. The minimum absolute atomic E-state index is 0.0180. The first-order valence-electron chi connectivity index (χ1n) is 4.74. The molecule has 0 aromatic heterocycles. The van der Waals surface area contributed by atoms with Gasteiger partial charge in [-0.05, 0) is 0 Å². The molecule has 1 heterocycles. The standard InChI is InChI=1S/C10H13NO5/c1-3-4-16-10(14)11-6-7(12)5-8(11)9(13)15-2/h3,8H,1,4-6H2,2H3/t8-/m0/s1. The van der Waals surface area contributed by atoms with E-state index in [0.29, 0.717) is 0 Å². The largest absolute Gasteiger partial charge is 0.467 e. The summed E-state index contributed by atoms with van der Waals surface area (Å²) in [4.78, 5) is 35.0. The van der Waals surface area contributed by atoms with Gasteiger partial charge in [-0.25, -0.2) is 9.59 Å². The molecule has 6 nitrogen and oxygen atoms in total. The molecule has 16 heavy (non-hydrogen) atoms. The molecule has 1 aliphatic heterocycles. The minimum atomic E-state index is -0.866. The number of ketones is 1. The van der Waals surface area contributed by atoms with Crippen LogP contribution in [0.15, 0.2) is 12.7 Å². The van der Waals surface area contributed by atoms with Gasteiger partial charge in [0.25, 0.3) is 0 Å². The van der Waals surface area contributed by atoms with Crippen LogP contribution < -0.4 is 0 Å². The molecule has 0 unspecified atom stereocenters. The summed E-state index contributed by atoms with van der Waals surface area (Å²) in [7, 11) is 1.21. The number of amides is 1. The topological polar surface area (TPSA) is 72.9 Å². The Morgan fingerprint density at radius 1 is 1.62 bits per heavy atom. The number of methoxy groups -OCH3 is 1. The Morgan fingerprint density at radius 3 is 2.88 bits per heavy atom. The number of carbonyl (C=O) groups is 3. The lowest BCUT2D eigenvalue weighted by atomic mass is 10.2. The lowest BCUT2D eigenvalue weighted by Gasteiger charge is -2.20. The highest BCUT2D eigenvalue weighted by atomic mass is 16.6. The van der Waals surface area contributed by atoms with Gasteiger partial charge in [-0.1, -0.05) is 12.7 Å². The summed E-state index contributed by atoms with van der Waals surface area (Å²) < 4.78 is 9.26. The first kappa shape index (κ1) is 12.2. The first-order valence-corrected chi connectivity index (χ1v) is 4.74. The smallest absolute Gasteiger partial charge is 0.411 e. The van der Waals surface area contributed by atoms with Crippen molar-refractivity contribution >= 4 is 17.8 Å². The predicted molar refractivity (Wildman–Crippen MR) is 53.7 cm³/mol. The summed E-state index contributed by atoms with van der Waals surface area (Å²) in [5.41, 5.74) is 0. The third-order valence-corrected chi connectivity index (χ3v) is 2.18. The van der Waals surface area contributed by atoms with Crippen molar-refractivity contribution in [1.82, 2.24) is 4.90 Å². The Hall–Kier alpha value is -1.85. The fraction of sp³-hybridized carbons (Fsp3) is 0.500. The number of ether oxygens (including phenoxy) is 2. The average molecular weight is 227 g/mol. The quantitative estimate of drug-likeness (QED) is 0.506. The number of likely N-dealkylation sites (tertiary alicyclic amines) is 1. The third-order valence-electron chi connectivity index (χ3n) is 2.18. The van der Waals surface area contributed by atoms with E-state index in [4.69, 9.17) is 4.74 Å². The summed E-state index contributed by atoms with van der Waals surface area (Å²) in [6.07, 6.45) is 0.680. The van der Waals surface area contributed by atoms with Crippen LogP contribution in [0.3, 0.4) is 0 Å². The molecule has 1 atom stereocenters. The van der Waals surface area contributed by atoms with Gasteiger partial charge >= 0.3 is 12.1 Å². The third kappa shape index (κ3) is 2.59. The Morgan fingerprint density at radius 2 is 2.31 bits per heavy atom. The van der Waals surface area contributed by atoms with Crippen molar-refractivity contribution in [2.45, 2.75) is 12.5 Å². The van der Waals surface area contributed by atoms with E-state index < -0.39 is 18.1 Å². The Labute approximate surface area is 92.8 Å². The van der Waals surface area contributed by atoms with E-state index in [-0.39, 0.29) is 25.4 Å². The van der Waals surface area contributed by atoms with E-state index in [0.717, 1.165) is 4.90 Å². The predicted octanol–water partition coefficient (Wildman–Crippen LogP) is 0.125. The molecule has 0 bridgehead atoms. The van der Waals surface area contributed by atoms with Gasteiger partial charge in [0.1, 0.15) is 12.6 Å². The van der Waals surface area contributed by atoms with Crippen molar-refractivity contribution < 1.29 is 23.9 Å². The normalized spacial score (nSPS) is 19.4. The van der Waals surface area contributed by atoms with Gasteiger partial charge in [-0.2, -0.15) is 0 Å². The number of nitrogens with zero attached hydrogens (tertiary/aromatic N) is 1. The summed E-state index contributed by atoms with van der Waals surface area (Å²) in [5, 5.41) is 0. The number of carbonyl (C=O) groups excluding carboxylic acids is 3. The van der Waals surface area contributed by atoms with E-state index in [1.54, 1.807) is 0 Å². The maximum atomic E-state index is 11.5. The molecule has 0 radical (unpaired) electrons. The molecule has 0 N–H and O–H groups in total. The molecule has 1 saturated heterocycles. The van der Waals surface area contributed by atoms with Crippen LogP contribution in [0.4, 0.5) is 4.79 Å². The highest BCUT2D eigenvalue weighted by Crippen LogP contribution is 2.16.